The number of nitrogens with one attached hydrogen (secondary N) is 1. The Bertz CT molecular complexity index is 616. The molecule has 2 fully saturated rings. The zero-order valence-corrected chi connectivity index (χ0v) is 13.7. The molecule has 1 aromatic carbocycles. The molecule has 1 N–H and O–H groups in total. The van der Waals surface area contributed by atoms with Crippen LogP contribution in [-0.2, 0) is 10.2 Å². The van der Waals surface area contributed by atoms with Crippen LogP contribution in [0.5, 0.6) is 0 Å². The summed E-state index contributed by atoms with van der Waals surface area (Å²) >= 11 is 0. The second-order valence-corrected chi connectivity index (χ2v) is 6.92. The Morgan fingerprint density at radius 1 is 1.22 bits per heavy atom. The minimum atomic E-state index is -2.77. The summed E-state index contributed by atoms with van der Waals surface area (Å²) in [5.74, 6) is -2.97. The van der Waals surface area contributed by atoms with Crippen molar-refractivity contribution in [2.24, 2.45) is 0 Å². The van der Waals surface area contributed by atoms with Crippen LogP contribution >= 0.6 is 12.4 Å². The number of nitrogens with zero attached hydrogens (tertiary/aromatic N) is 1. The highest BCUT2D eigenvalue weighted by Gasteiger charge is 2.49. The van der Waals surface area contributed by atoms with Gasteiger partial charge in [0, 0.05) is 24.1 Å². The average molecular weight is 343 g/mol. The number of benzene rings is 1. The summed E-state index contributed by atoms with van der Waals surface area (Å²) in [6, 6.07) is 7.22. The molecule has 2 heterocycles. The van der Waals surface area contributed by atoms with Crippen molar-refractivity contribution in [3.8, 4) is 0 Å². The van der Waals surface area contributed by atoms with E-state index in [-0.39, 0.29) is 23.7 Å². The van der Waals surface area contributed by atoms with E-state index in [1.807, 2.05) is 18.2 Å². The van der Waals surface area contributed by atoms with Crippen LogP contribution in [0, 0.1) is 0 Å². The van der Waals surface area contributed by atoms with Gasteiger partial charge in [0.25, 0.3) is 5.92 Å². The highest BCUT2D eigenvalue weighted by molar-refractivity contribution is 6.00. The zero-order valence-electron chi connectivity index (χ0n) is 12.9. The Labute approximate surface area is 140 Å². The number of hydrogen-bond donors (Lipinski definition) is 1. The fraction of sp³-hybridized carbons (Fsp3) is 0.588. The van der Waals surface area contributed by atoms with Crippen LogP contribution in [0.15, 0.2) is 24.3 Å². The van der Waals surface area contributed by atoms with Crippen molar-refractivity contribution in [1.29, 1.82) is 0 Å². The van der Waals surface area contributed by atoms with Crippen molar-refractivity contribution in [2.45, 2.75) is 49.5 Å². The van der Waals surface area contributed by atoms with E-state index in [4.69, 9.17) is 0 Å². The first-order valence-electron chi connectivity index (χ1n) is 8.03. The lowest BCUT2D eigenvalue weighted by atomic mass is 9.81. The summed E-state index contributed by atoms with van der Waals surface area (Å²) in [6.07, 6.45) is 4.13. The molecule has 0 radical (unpaired) electrons. The first-order chi connectivity index (χ1) is 10.5. The summed E-state index contributed by atoms with van der Waals surface area (Å²) in [4.78, 5) is 14.5. The van der Waals surface area contributed by atoms with Gasteiger partial charge < -0.3 is 4.90 Å². The lowest BCUT2D eigenvalue weighted by Crippen LogP contribution is -2.45. The van der Waals surface area contributed by atoms with Crippen molar-refractivity contribution in [3.63, 3.8) is 0 Å². The summed E-state index contributed by atoms with van der Waals surface area (Å²) in [7, 11) is 0. The Balaban J connectivity index is 0.00000156. The number of carbonyl (C=O) groups is 1. The molecule has 1 unspecified atom stereocenters. The lowest BCUT2D eigenvalue weighted by molar-refractivity contribution is -0.120. The van der Waals surface area contributed by atoms with Gasteiger partial charge in [-0.05, 0) is 24.5 Å². The molecule has 3 aliphatic rings. The molecule has 126 valence electrons. The second kappa shape index (κ2) is 5.71. The largest absolute Gasteiger partial charge is 0.310 e. The molecule has 0 aromatic heterocycles. The van der Waals surface area contributed by atoms with Crippen LogP contribution < -0.4 is 10.2 Å². The SMILES string of the molecule is Cl.O=C(C1CC(F)(F)CN1)N1CC2(CCCC2)c2ccccc21. The van der Waals surface area contributed by atoms with E-state index >= 15 is 0 Å². The van der Waals surface area contributed by atoms with Crippen LogP contribution in [0.2, 0.25) is 0 Å². The maximum Gasteiger partial charge on any atom is 0.262 e. The molecule has 6 heteroatoms. The Kier molecular flexibility index (Phi) is 4.13. The highest BCUT2D eigenvalue weighted by atomic mass is 35.5. The predicted octanol–water partition coefficient (Wildman–Crippen LogP) is 3.26. The Morgan fingerprint density at radius 3 is 2.57 bits per heavy atom. The third-order valence-electron chi connectivity index (χ3n) is 5.46. The maximum absolute atomic E-state index is 13.4. The van der Waals surface area contributed by atoms with Crippen LogP contribution in [0.1, 0.15) is 37.7 Å². The minimum absolute atomic E-state index is 0. The number of rotatable bonds is 1. The minimum Gasteiger partial charge on any atom is -0.310 e. The van der Waals surface area contributed by atoms with E-state index < -0.39 is 24.9 Å². The van der Waals surface area contributed by atoms with E-state index in [1.54, 1.807) is 4.90 Å². The average Bonchev–Trinajstić information content (AvgIpc) is 3.19. The summed E-state index contributed by atoms with van der Waals surface area (Å²) in [6.45, 7) is 0.249. The first kappa shape index (κ1) is 16.7. The molecular weight excluding hydrogens is 322 g/mol. The fourth-order valence-electron chi connectivity index (χ4n) is 4.38. The Hall–Kier alpha value is -1.20. The van der Waals surface area contributed by atoms with Crippen molar-refractivity contribution < 1.29 is 13.6 Å². The molecule has 1 saturated heterocycles. The third kappa shape index (κ3) is 2.64. The topological polar surface area (TPSA) is 32.3 Å². The number of fused-ring (bicyclic) bond motifs is 2. The third-order valence-corrected chi connectivity index (χ3v) is 5.46. The number of amides is 1. The summed E-state index contributed by atoms with van der Waals surface area (Å²) in [5, 5.41) is 2.69. The van der Waals surface area contributed by atoms with Gasteiger partial charge in [-0.25, -0.2) is 8.78 Å². The van der Waals surface area contributed by atoms with Crippen molar-refractivity contribution >= 4 is 24.0 Å². The number of halogens is 3. The number of alkyl halides is 2. The molecule has 3 nitrogen and oxygen atoms in total. The molecule has 0 bridgehead atoms. The highest BCUT2D eigenvalue weighted by Crippen LogP contribution is 2.50. The molecule has 1 amide bonds. The van der Waals surface area contributed by atoms with Crippen LogP contribution in [0.3, 0.4) is 0 Å². The van der Waals surface area contributed by atoms with Gasteiger partial charge in [0.15, 0.2) is 0 Å². The molecule has 23 heavy (non-hydrogen) atoms. The summed E-state index contributed by atoms with van der Waals surface area (Å²) in [5.41, 5.74) is 2.20. The first-order valence-corrected chi connectivity index (χ1v) is 8.03. The standard InChI is InChI=1S/C17H20F2N2O.ClH/c18-17(19)9-13(20-10-17)15(22)21-11-16(7-3-4-8-16)12-5-1-2-6-14(12)21;/h1-2,5-6,13,20H,3-4,7-11H2;1H. The normalized spacial score (nSPS) is 27.0. The molecule has 1 saturated carbocycles. The Morgan fingerprint density at radius 2 is 1.91 bits per heavy atom. The molecule has 1 aromatic rings. The number of para-hydroxylation sites is 1. The molecule has 1 aliphatic carbocycles. The molecule has 1 atom stereocenters. The molecule has 2 aliphatic heterocycles. The molecule has 4 rings (SSSR count). The maximum atomic E-state index is 13.4. The van der Waals surface area contributed by atoms with E-state index in [0.29, 0.717) is 6.54 Å². The van der Waals surface area contributed by atoms with Gasteiger partial charge in [-0.2, -0.15) is 0 Å². The van der Waals surface area contributed by atoms with E-state index in [0.717, 1.165) is 18.5 Å². The van der Waals surface area contributed by atoms with Gasteiger partial charge in [-0.1, -0.05) is 31.0 Å². The van der Waals surface area contributed by atoms with Crippen LogP contribution in [0.25, 0.3) is 0 Å². The molecule has 1 spiro atoms. The number of anilines is 1. The van der Waals surface area contributed by atoms with E-state index in [1.165, 1.54) is 18.4 Å². The fourth-order valence-corrected chi connectivity index (χ4v) is 4.38. The quantitative estimate of drug-likeness (QED) is 0.849. The number of carbonyl (C=O) groups excluding carboxylic acids is 1. The molecular formula is C17H21ClF2N2O. The van der Waals surface area contributed by atoms with E-state index in [9.17, 15) is 13.6 Å². The van der Waals surface area contributed by atoms with Gasteiger partial charge in [0.2, 0.25) is 5.91 Å². The predicted molar refractivity (Wildman–Crippen MR) is 87.5 cm³/mol. The van der Waals surface area contributed by atoms with Crippen molar-refractivity contribution in [3.05, 3.63) is 29.8 Å². The smallest absolute Gasteiger partial charge is 0.262 e. The second-order valence-electron chi connectivity index (χ2n) is 6.92. The van der Waals surface area contributed by atoms with Crippen molar-refractivity contribution in [2.75, 3.05) is 18.0 Å². The van der Waals surface area contributed by atoms with E-state index in [2.05, 4.69) is 11.4 Å². The zero-order chi connectivity index (χ0) is 15.4. The van der Waals surface area contributed by atoms with Gasteiger partial charge in [0.05, 0.1) is 12.6 Å². The van der Waals surface area contributed by atoms with Gasteiger partial charge >= 0.3 is 0 Å². The van der Waals surface area contributed by atoms with Gasteiger partial charge in [-0.3, -0.25) is 10.1 Å². The summed E-state index contributed by atoms with van der Waals surface area (Å²) < 4.78 is 26.8. The van der Waals surface area contributed by atoms with Gasteiger partial charge in [0.1, 0.15) is 0 Å². The van der Waals surface area contributed by atoms with Gasteiger partial charge in [-0.15, -0.1) is 12.4 Å². The van der Waals surface area contributed by atoms with Crippen molar-refractivity contribution in [1.82, 2.24) is 5.32 Å². The monoisotopic (exact) mass is 342 g/mol. The van der Waals surface area contributed by atoms with Crippen LogP contribution in [-0.4, -0.2) is 31.0 Å². The lowest BCUT2D eigenvalue weighted by Gasteiger charge is -2.26. The van der Waals surface area contributed by atoms with Crippen LogP contribution in [0.4, 0.5) is 14.5 Å². The number of hydrogen-bond acceptors (Lipinski definition) is 2.